The van der Waals surface area contributed by atoms with Gasteiger partial charge in [-0.05, 0) is 6.07 Å². The molecule has 0 aliphatic carbocycles. The Kier molecular flexibility index (Phi) is 4.07. The smallest absolute Gasteiger partial charge is 0.305 e. The Bertz CT molecular complexity index is 883. The van der Waals surface area contributed by atoms with Crippen molar-refractivity contribution in [3.05, 3.63) is 35.5 Å². The highest BCUT2D eigenvalue weighted by Crippen LogP contribution is 2.28. The fraction of sp³-hybridized carbons (Fsp3) is 0.143. The standard InChI is InChI=1S/C14H11ClFN5O2/c15-7-3-8-9(5-19-12(8)18-4-7)13-20-6-10(16)14(21-13)17-2-1-11(22)23/h3-6H,1-2H2,(H,18,19)(H,22,23)(H,17,20,21). The fourth-order valence-electron chi connectivity index (χ4n) is 2.07. The minimum absolute atomic E-state index is 0.0550. The second-order valence-electron chi connectivity index (χ2n) is 4.71. The number of nitrogens with one attached hydrogen (secondary N) is 2. The summed E-state index contributed by atoms with van der Waals surface area (Å²) < 4.78 is 13.7. The zero-order valence-electron chi connectivity index (χ0n) is 11.7. The van der Waals surface area contributed by atoms with Crippen LogP contribution in [-0.4, -0.2) is 37.6 Å². The van der Waals surface area contributed by atoms with E-state index >= 15 is 0 Å². The highest BCUT2D eigenvalue weighted by molar-refractivity contribution is 6.31. The molecule has 0 aromatic carbocycles. The molecule has 0 bridgehead atoms. The Labute approximate surface area is 134 Å². The van der Waals surface area contributed by atoms with Crippen LogP contribution in [0, 0.1) is 5.82 Å². The molecule has 0 amide bonds. The molecule has 0 spiro atoms. The Morgan fingerprint density at radius 3 is 3.00 bits per heavy atom. The van der Waals surface area contributed by atoms with Gasteiger partial charge >= 0.3 is 5.97 Å². The Hall–Kier alpha value is -2.74. The number of nitrogens with zero attached hydrogens (tertiary/aromatic N) is 3. The largest absolute Gasteiger partial charge is 0.481 e. The molecule has 23 heavy (non-hydrogen) atoms. The lowest BCUT2D eigenvalue weighted by Crippen LogP contribution is -2.10. The van der Waals surface area contributed by atoms with Crippen LogP contribution in [0.4, 0.5) is 10.2 Å². The fourth-order valence-corrected chi connectivity index (χ4v) is 2.23. The van der Waals surface area contributed by atoms with Crippen molar-refractivity contribution in [3.8, 4) is 11.4 Å². The van der Waals surface area contributed by atoms with Crippen molar-refractivity contribution in [1.82, 2.24) is 19.9 Å². The van der Waals surface area contributed by atoms with Gasteiger partial charge in [-0.2, -0.15) is 0 Å². The van der Waals surface area contributed by atoms with Gasteiger partial charge in [-0.1, -0.05) is 11.6 Å². The quantitative estimate of drug-likeness (QED) is 0.662. The third kappa shape index (κ3) is 3.21. The third-order valence-corrected chi connectivity index (χ3v) is 3.32. The van der Waals surface area contributed by atoms with Gasteiger partial charge in [0.2, 0.25) is 0 Å². The van der Waals surface area contributed by atoms with Gasteiger partial charge in [-0.25, -0.2) is 19.3 Å². The van der Waals surface area contributed by atoms with Crippen molar-refractivity contribution in [2.24, 2.45) is 0 Å². The van der Waals surface area contributed by atoms with Crippen LogP contribution in [0.5, 0.6) is 0 Å². The maximum absolute atomic E-state index is 13.7. The lowest BCUT2D eigenvalue weighted by atomic mass is 10.2. The van der Waals surface area contributed by atoms with Gasteiger partial charge in [0, 0.05) is 29.9 Å². The predicted molar refractivity (Wildman–Crippen MR) is 82.8 cm³/mol. The van der Waals surface area contributed by atoms with Gasteiger partial charge in [0.25, 0.3) is 0 Å². The van der Waals surface area contributed by atoms with Crippen LogP contribution < -0.4 is 5.32 Å². The Morgan fingerprint density at radius 2 is 2.22 bits per heavy atom. The number of pyridine rings is 1. The molecule has 0 unspecified atom stereocenters. The molecule has 3 rings (SSSR count). The Morgan fingerprint density at radius 1 is 1.39 bits per heavy atom. The van der Waals surface area contributed by atoms with E-state index in [1.165, 1.54) is 6.20 Å². The first-order valence-electron chi connectivity index (χ1n) is 6.66. The zero-order valence-corrected chi connectivity index (χ0v) is 12.4. The number of carboxylic acid groups (broad SMARTS) is 1. The van der Waals surface area contributed by atoms with E-state index in [-0.39, 0.29) is 24.6 Å². The highest BCUT2D eigenvalue weighted by atomic mass is 35.5. The molecule has 7 nitrogen and oxygen atoms in total. The molecule has 3 aromatic rings. The molecule has 0 saturated heterocycles. The first kappa shape index (κ1) is 15.2. The summed E-state index contributed by atoms with van der Waals surface area (Å²) in [7, 11) is 0. The van der Waals surface area contributed by atoms with E-state index in [1.54, 1.807) is 12.3 Å². The molecule has 3 heterocycles. The SMILES string of the molecule is O=C(O)CCNc1nc(-c2c[nH]c3ncc(Cl)cc23)ncc1F. The van der Waals surface area contributed by atoms with Gasteiger partial charge in [0.1, 0.15) is 5.65 Å². The van der Waals surface area contributed by atoms with E-state index in [1.807, 2.05) is 0 Å². The van der Waals surface area contributed by atoms with Crippen molar-refractivity contribution < 1.29 is 14.3 Å². The molecule has 0 radical (unpaired) electrons. The van der Waals surface area contributed by atoms with Crippen LogP contribution >= 0.6 is 11.6 Å². The minimum atomic E-state index is -0.982. The van der Waals surface area contributed by atoms with E-state index in [9.17, 15) is 9.18 Å². The van der Waals surface area contributed by atoms with Crippen LogP contribution in [0.2, 0.25) is 5.02 Å². The van der Waals surface area contributed by atoms with Crippen molar-refractivity contribution in [2.45, 2.75) is 6.42 Å². The maximum Gasteiger partial charge on any atom is 0.305 e. The number of fused-ring (bicyclic) bond motifs is 1. The molecule has 0 aliphatic rings. The summed E-state index contributed by atoms with van der Waals surface area (Å²) in [4.78, 5) is 25.7. The second kappa shape index (κ2) is 6.17. The molecular formula is C14H11ClFN5O2. The molecule has 0 aliphatic heterocycles. The lowest BCUT2D eigenvalue weighted by molar-refractivity contribution is -0.136. The number of anilines is 1. The number of rotatable bonds is 5. The number of aliphatic carboxylic acids is 1. The molecule has 0 atom stereocenters. The maximum atomic E-state index is 13.7. The number of aromatic nitrogens is 4. The summed E-state index contributed by atoms with van der Waals surface area (Å²) in [6.07, 6.45) is 4.05. The summed E-state index contributed by atoms with van der Waals surface area (Å²) in [6, 6.07) is 1.71. The van der Waals surface area contributed by atoms with Crippen molar-refractivity contribution in [1.29, 1.82) is 0 Å². The number of carbonyl (C=O) groups is 1. The number of carboxylic acids is 1. The monoisotopic (exact) mass is 335 g/mol. The lowest BCUT2D eigenvalue weighted by Gasteiger charge is -2.06. The molecule has 0 saturated carbocycles. The molecule has 9 heteroatoms. The average molecular weight is 336 g/mol. The van der Waals surface area contributed by atoms with Crippen LogP contribution in [0.1, 0.15) is 6.42 Å². The average Bonchev–Trinajstić information content (AvgIpc) is 2.92. The summed E-state index contributed by atoms with van der Waals surface area (Å²) in [5.74, 6) is -1.42. The van der Waals surface area contributed by atoms with E-state index < -0.39 is 11.8 Å². The Balaban J connectivity index is 1.95. The molecule has 3 N–H and O–H groups in total. The highest BCUT2D eigenvalue weighted by Gasteiger charge is 2.13. The van der Waals surface area contributed by atoms with Crippen LogP contribution in [-0.2, 0) is 4.79 Å². The molecule has 118 valence electrons. The van der Waals surface area contributed by atoms with Crippen LogP contribution in [0.25, 0.3) is 22.4 Å². The summed E-state index contributed by atoms with van der Waals surface area (Å²) in [6.45, 7) is 0.0595. The van der Waals surface area contributed by atoms with Gasteiger partial charge < -0.3 is 15.4 Å². The summed E-state index contributed by atoms with van der Waals surface area (Å²) >= 11 is 5.94. The topological polar surface area (TPSA) is 104 Å². The minimum Gasteiger partial charge on any atom is -0.481 e. The van der Waals surface area contributed by atoms with E-state index in [2.05, 4.69) is 25.3 Å². The first-order chi connectivity index (χ1) is 11.0. The number of hydrogen-bond acceptors (Lipinski definition) is 5. The number of halogens is 2. The van der Waals surface area contributed by atoms with E-state index in [0.717, 1.165) is 6.20 Å². The molecule has 3 aromatic heterocycles. The van der Waals surface area contributed by atoms with Crippen molar-refractivity contribution in [2.75, 3.05) is 11.9 Å². The van der Waals surface area contributed by atoms with Crippen LogP contribution in [0.3, 0.4) is 0 Å². The van der Waals surface area contributed by atoms with E-state index in [4.69, 9.17) is 16.7 Å². The normalized spacial score (nSPS) is 10.9. The van der Waals surface area contributed by atoms with E-state index in [0.29, 0.717) is 21.6 Å². The second-order valence-corrected chi connectivity index (χ2v) is 5.15. The molecule has 0 fully saturated rings. The van der Waals surface area contributed by atoms with Gasteiger partial charge in [-0.15, -0.1) is 0 Å². The van der Waals surface area contributed by atoms with Crippen molar-refractivity contribution in [3.63, 3.8) is 0 Å². The number of H-pyrrole nitrogens is 1. The predicted octanol–water partition coefficient (Wildman–Crippen LogP) is 2.70. The summed E-state index contributed by atoms with van der Waals surface area (Å²) in [5, 5.41) is 12.4. The summed E-state index contributed by atoms with van der Waals surface area (Å²) in [5.41, 5.74) is 1.23. The van der Waals surface area contributed by atoms with Gasteiger partial charge in [0.15, 0.2) is 17.5 Å². The molecular weight excluding hydrogens is 325 g/mol. The van der Waals surface area contributed by atoms with Gasteiger partial charge in [-0.3, -0.25) is 4.79 Å². The van der Waals surface area contributed by atoms with Crippen molar-refractivity contribution >= 4 is 34.4 Å². The number of hydrogen-bond donors (Lipinski definition) is 3. The number of aromatic amines is 1. The zero-order chi connectivity index (χ0) is 16.4. The van der Waals surface area contributed by atoms with Crippen LogP contribution in [0.15, 0.2) is 24.7 Å². The van der Waals surface area contributed by atoms with Gasteiger partial charge in [0.05, 0.1) is 17.6 Å². The third-order valence-electron chi connectivity index (χ3n) is 3.11. The first-order valence-corrected chi connectivity index (χ1v) is 7.03.